The number of rotatable bonds is 4. The molecule has 7 rings (SSSR count). The number of ether oxygens (including phenoxy) is 2. The molecular weight excluding hydrogens is 472 g/mol. The summed E-state index contributed by atoms with van der Waals surface area (Å²) < 4.78 is 11.9. The van der Waals surface area contributed by atoms with Crippen molar-refractivity contribution in [1.82, 2.24) is 9.88 Å². The van der Waals surface area contributed by atoms with Crippen molar-refractivity contribution >= 4 is 11.7 Å². The van der Waals surface area contributed by atoms with E-state index in [1.54, 1.807) is 0 Å². The van der Waals surface area contributed by atoms with Gasteiger partial charge in [0.05, 0.1) is 31.0 Å². The number of hydrogen-bond acceptors (Lipinski definition) is 4. The Bertz CT molecular complexity index is 1470. The van der Waals surface area contributed by atoms with Gasteiger partial charge in [-0.25, -0.2) is 4.79 Å². The van der Waals surface area contributed by atoms with Crippen LogP contribution in [0.3, 0.4) is 0 Å². The van der Waals surface area contributed by atoms with Crippen molar-refractivity contribution in [3.05, 3.63) is 120 Å². The van der Waals surface area contributed by atoms with Crippen LogP contribution in [0.5, 0.6) is 0 Å². The van der Waals surface area contributed by atoms with E-state index in [-0.39, 0.29) is 24.1 Å². The Morgan fingerprint density at radius 3 is 2.21 bits per heavy atom. The fourth-order valence-corrected chi connectivity index (χ4v) is 6.15. The van der Waals surface area contributed by atoms with Gasteiger partial charge in [0.25, 0.3) is 0 Å². The van der Waals surface area contributed by atoms with Gasteiger partial charge in [-0.3, -0.25) is 9.88 Å². The van der Waals surface area contributed by atoms with Crippen LogP contribution in [0, 0.1) is 0 Å². The maximum Gasteiger partial charge on any atom is 0.410 e. The first-order valence-corrected chi connectivity index (χ1v) is 13.2. The minimum absolute atomic E-state index is 0.0418. The molecule has 0 N–H and O–H groups in total. The largest absolute Gasteiger partial charge is 0.448 e. The van der Waals surface area contributed by atoms with Crippen LogP contribution >= 0.6 is 0 Å². The first-order chi connectivity index (χ1) is 18.8. The molecule has 1 amide bonds. The highest BCUT2D eigenvalue weighted by Crippen LogP contribution is 2.44. The molecule has 0 saturated carbocycles. The van der Waals surface area contributed by atoms with Crippen molar-refractivity contribution in [2.24, 2.45) is 0 Å². The Kier molecular flexibility index (Phi) is 5.78. The summed E-state index contributed by atoms with van der Waals surface area (Å²) in [5.41, 5.74) is 9.38. The van der Waals surface area contributed by atoms with Gasteiger partial charge in [-0.1, -0.05) is 84.9 Å². The summed E-state index contributed by atoms with van der Waals surface area (Å²) in [6.45, 7) is 1.33. The van der Waals surface area contributed by atoms with Crippen molar-refractivity contribution in [3.63, 3.8) is 0 Å². The molecule has 3 aliphatic rings. The fourth-order valence-electron chi connectivity index (χ4n) is 6.15. The number of carbonyl (C=O) groups excluding carboxylic acids is 1. The molecule has 1 fully saturated rings. The van der Waals surface area contributed by atoms with E-state index in [0.29, 0.717) is 19.8 Å². The van der Waals surface area contributed by atoms with E-state index in [1.165, 1.54) is 33.4 Å². The lowest BCUT2D eigenvalue weighted by molar-refractivity contribution is -0.0331. The third kappa shape index (κ3) is 4.00. The first kappa shape index (κ1) is 22.9. The molecule has 1 aromatic heterocycles. The van der Waals surface area contributed by atoms with E-state index < -0.39 is 0 Å². The van der Waals surface area contributed by atoms with Gasteiger partial charge in [0, 0.05) is 17.7 Å². The number of nitrogens with zero attached hydrogens (tertiary/aromatic N) is 2. The molecule has 5 heteroatoms. The lowest BCUT2D eigenvalue weighted by atomic mass is 9.89. The predicted molar refractivity (Wildman–Crippen MR) is 148 cm³/mol. The lowest BCUT2D eigenvalue weighted by Gasteiger charge is -2.44. The summed E-state index contributed by atoms with van der Waals surface area (Å²) in [6, 6.07) is 31.1. The maximum absolute atomic E-state index is 13.4. The predicted octanol–water partition coefficient (Wildman–Crippen LogP) is 6.55. The zero-order chi connectivity index (χ0) is 25.5. The van der Waals surface area contributed by atoms with Crippen molar-refractivity contribution in [2.45, 2.75) is 24.4 Å². The van der Waals surface area contributed by atoms with E-state index >= 15 is 0 Å². The molecule has 5 nitrogen and oxygen atoms in total. The minimum Gasteiger partial charge on any atom is -0.448 e. The molecule has 0 radical (unpaired) electrons. The summed E-state index contributed by atoms with van der Waals surface area (Å²) in [5, 5.41) is 0. The van der Waals surface area contributed by atoms with Gasteiger partial charge in [-0.2, -0.15) is 0 Å². The zero-order valence-electron chi connectivity index (χ0n) is 21.0. The van der Waals surface area contributed by atoms with Crippen LogP contribution in [-0.4, -0.2) is 47.9 Å². The molecule has 3 heterocycles. The number of amides is 1. The first-order valence-electron chi connectivity index (χ1n) is 13.2. The van der Waals surface area contributed by atoms with Crippen LogP contribution < -0.4 is 0 Å². The highest BCUT2D eigenvalue weighted by molar-refractivity contribution is 5.79. The number of aromatic nitrogens is 1. The summed E-state index contributed by atoms with van der Waals surface area (Å²) in [7, 11) is 0. The Balaban J connectivity index is 1.09. The monoisotopic (exact) mass is 500 g/mol. The fraction of sp³-hybridized carbons (Fsp3) is 0.212. The van der Waals surface area contributed by atoms with Gasteiger partial charge in [0.15, 0.2) is 0 Å². The van der Waals surface area contributed by atoms with Gasteiger partial charge < -0.3 is 9.47 Å². The molecule has 2 unspecified atom stereocenters. The second-order valence-electron chi connectivity index (χ2n) is 10.2. The van der Waals surface area contributed by atoms with E-state index in [4.69, 9.17) is 9.47 Å². The lowest BCUT2D eigenvalue weighted by Crippen LogP contribution is -2.56. The molecule has 38 heavy (non-hydrogen) atoms. The Hall–Kier alpha value is -4.22. The maximum atomic E-state index is 13.4. The molecular formula is C33H28N2O3. The molecule has 3 aromatic carbocycles. The molecule has 188 valence electrons. The molecule has 2 bridgehead atoms. The molecule has 4 aromatic rings. The number of benzene rings is 3. The standard InChI is InChI=1S/C33H28N2O3/c36-33(38-21-31-29-9-3-1-7-27(29)28-8-2-4-10-30(28)31)35-25-17-24(18-26(35)20-37-19-25)22-12-14-23(15-13-22)32-11-5-6-16-34-32/h1-17,25-26,31H,18-21H2. The third-order valence-corrected chi connectivity index (χ3v) is 7.96. The summed E-state index contributed by atoms with van der Waals surface area (Å²) >= 11 is 0. The van der Waals surface area contributed by atoms with Crippen LogP contribution in [0.15, 0.2) is 103 Å². The van der Waals surface area contributed by atoms with E-state index in [0.717, 1.165) is 17.7 Å². The van der Waals surface area contributed by atoms with Crippen molar-refractivity contribution in [2.75, 3.05) is 19.8 Å². The average Bonchev–Trinajstić information content (AvgIpc) is 3.29. The van der Waals surface area contributed by atoms with Gasteiger partial charge >= 0.3 is 6.09 Å². The zero-order valence-corrected chi connectivity index (χ0v) is 21.0. The van der Waals surface area contributed by atoms with Gasteiger partial charge in [0.2, 0.25) is 0 Å². The number of carbonyl (C=O) groups is 1. The van der Waals surface area contributed by atoms with E-state index in [2.05, 4.69) is 83.9 Å². The second kappa shape index (κ2) is 9.58. The molecule has 0 spiro atoms. The number of fused-ring (bicyclic) bond motifs is 5. The molecule has 2 aliphatic heterocycles. The Labute approximate surface area is 222 Å². The van der Waals surface area contributed by atoms with E-state index in [1.807, 2.05) is 29.3 Å². The quantitative estimate of drug-likeness (QED) is 0.319. The summed E-state index contributed by atoms with van der Waals surface area (Å²) in [4.78, 5) is 19.8. The summed E-state index contributed by atoms with van der Waals surface area (Å²) in [6.07, 6.45) is 4.47. The SMILES string of the molecule is O=C(OCC1c2ccccc2-c2ccccc21)N1C2C=C(c3ccc(-c4ccccn4)cc3)CC1COC2. The van der Waals surface area contributed by atoms with Crippen LogP contribution in [0.4, 0.5) is 4.79 Å². The number of pyridine rings is 1. The Morgan fingerprint density at radius 2 is 1.53 bits per heavy atom. The minimum atomic E-state index is -0.258. The molecule has 1 aliphatic carbocycles. The summed E-state index contributed by atoms with van der Waals surface area (Å²) in [5.74, 6) is 0.0518. The average molecular weight is 501 g/mol. The van der Waals surface area contributed by atoms with Crippen molar-refractivity contribution in [3.8, 4) is 22.4 Å². The second-order valence-corrected chi connectivity index (χ2v) is 10.2. The van der Waals surface area contributed by atoms with Gasteiger partial charge in [0.1, 0.15) is 6.61 Å². The smallest absolute Gasteiger partial charge is 0.410 e. The van der Waals surface area contributed by atoms with Crippen LogP contribution in [0.25, 0.3) is 28.0 Å². The van der Waals surface area contributed by atoms with Crippen LogP contribution in [0.1, 0.15) is 29.0 Å². The number of hydrogen-bond donors (Lipinski definition) is 0. The van der Waals surface area contributed by atoms with Crippen LogP contribution in [-0.2, 0) is 9.47 Å². The normalized spacial score (nSPS) is 19.9. The number of morpholine rings is 1. The van der Waals surface area contributed by atoms with E-state index in [9.17, 15) is 4.79 Å². The molecule has 2 atom stereocenters. The Morgan fingerprint density at radius 1 is 0.842 bits per heavy atom. The molecule has 1 saturated heterocycles. The topological polar surface area (TPSA) is 51.7 Å². The van der Waals surface area contributed by atoms with Gasteiger partial charge in [-0.05, 0) is 51.9 Å². The third-order valence-electron chi connectivity index (χ3n) is 7.96. The van der Waals surface area contributed by atoms with Gasteiger partial charge in [-0.15, -0.1) is 0 Å². The highest BCUT2D eigenvalue weighted by Gasteiger charge is 2.40. The van der Waals surface area contributed by atoms with Crippen molar-refractivity contribution in [1.29, 1.82) is 0 Å². The highest BCUT2D eigenvalue weighted by atomic mass is 16.6. The van der Waals surface area contributed by atoms with Crippen molar-refractivity contribution < 1.29 is 14.3 Å². The van der Waals surface area contributed by atoms with Crippen LogP contribution in [0.2, 0.25) is 0 Å².